The molecular formula is C42H50BNO. The van der Waals surface area contributed by atoms with Gasteiger partial charge in [0.1, 0.15) is 11.5 Å². The molecule has 0 bridgehead atoms. The van der Waals surface area contributed by atoms with Gasteiger partial charge in [0.15, 0.2) is 0 Å². The zero-order chi connectivity index (χ0) is 43.3. The van der Waals surface area contributed by atoms with Crippen molar-refractivity contribution in [2.45, 2.75) is 116 Å². The zero-order valence-electron chi connectivity index (χ0n) is 40.9. The molecule has 0 N–H and O–H groups in total. The molecule has 1 saturated carbocycles. The van der Waals surface area contributed by atoms with Crippen LogP contribution in [-0.4, -0.2) is 6.71 Å². The topological polar surface area (TPSA) is 12.5 Å². The van der Waals surface area contributed by atoms with Crippen molar-refractivity contribution in [3.8, 4) is 11.5 Å². The van der Waals surface area contributed by atoms with Crippen molar-refractivity contribution in [2.24, 2.45) is 0 Å². The van der Waals surface area contributed by atoms with E-state index in [1.807, 2.05) is 41.5 Å². The van der Waals surface area contributed by atoms with Crippen LogP contribution in [0.15, 0.2) is 72.6 Å². The summed E-state index contributed by atoms with van der Waals surface area (Å²) in [5.74, 6) is -1.08. The van der Waals surface area contributed by atoms with E-state index in [1.54, 1.807) is 39.0 Å². The Morgan fingerprint density at radius 2 is 1.31 bits per heavy atom. The average Bonchev–Trinajstić information content (AvgIpc) is 3.04. The Bertz CT molecular complexity index is 2400. The number of hydrogen-bond acceptors (Lipinski definition) is 2. The van der Waals surface area contributed by atoms with E-state index in [1.165, 1.54) is 4.90 Å². The van der Waals surface area contributed by atoms with Gasteiger partial charge in [0.05, 0.1) is 12.3 Å². The molecule has 0 saturated heterocycles. The van der Waals surface area contributed by atoms with Crippen LogP contribution < -0.4 is 26.0 Å². The zero-order valence-corrected chi connectivity index (χ0v) is 27.9. The van der Waals surface area contributed by atoms with E-state index in [2.05, 4.69) is 0 Å². The fraction of sp³-hybridized carbons (Fsp3) is 0.429. The largest absolute Gasteiger partial charge is 0.458 e. The molecule has 0 spiro atoms. The van der Waals surface area contributed by atoms with Gasteiger partial charge in [-0.2, -0.15) is 0 Å². The molecule has 0 aromatic heterocycles. The van der Waals surface area contributed by atoms with Gasteiger partial charge in [0.25, 0.3) is 6.71 Å². The lowest BCUT2D eigenvalue weighted by atomic mass is 9.34. The van der Waals surface area contributed by atoms with E-state index < -0.39 is 53.7 Å². The summed E-state index contributed by atoms with van der Waals surface area (Å²) in [5, 5.41) is 0. The Morgan fingerprint density at radius 1 is 0.689 bits per heavy atom. The lowest BCUT2D eigenvalue weighted by Crippen LogP contribution is -2.59. The fourth-order valence-electron chi connectivity index (χ4n) is 6.27. The van der Waals surface area contributed by atoms with Gasteiger partial charge in [-0.1, -0.05) is 118 Å². The first-order valence-corrected chi connectivity index (χ1v) is 16.0. The molecule has 2 nitrogen and oxygen atoms in total. The van der Waals surface area contributed by atoms with Crippen LogP contribution in [0.25, 0.3) is 0 Å². The van der Waals surface area contributed by atoms with Gasteiger partial charge in [-0.15, -0.1) is 0 Å². The van der Waals surface area contributed by atoms with E-state index in [0.717, 1.165) is 0 Å². The van der Waals surface area contributed by atoms with Gasteiger partial charge in [0, 0.05) is 22.5 Å². The Kier molecular flexibility index (Phi) is 4.37. The molecule has 2 aliphatic heterocycles. The Labute approximate surface area is 290 Å². The summed E-state index contributed by atoms with van der Waals surface area (Å²) in [6, 6.07) is 2.63. The second-order valence-corrected chi connectivity index (χ2v) is 15.6. The summed E-state index contributed by atoms with van der Waals surface area (Å²) < 4.78 is 128. The number of hydrogen-bond donors (Lipinski definition) is 0. The molecule has 3 aliphatic rings. The molecule has 1 fully saturated rings. The lowest BCUT2D eigenvalue weighted by Gasteiger charge is -2.42. The standard InChI is InChI=1S/C42H50BNO/c1-40(2,3)29-15-19-32(20-16-29)44-35-22-18-30(41(4,5)6)25-34(35)43-33-21-17-31(42(7,8)9)26-37(33)45-38-24-28(23-36(44)39(38)43)27-13-11-10-12-14-27/h15-27H,10-14H2,1-9H3/i13D2,14D2,15D,16D,17D,18D,19D,20D,22D,25D,26D. The smallest absolute Gasteiger partial charge is 0.256 e. The van der Waals surface area contributed by atoms with Crippen LogP contribution in [0, 0.1) is 0 Å². The van der Waals surface area contributed by atoms with Gasteiger partial charge in [-0.25, -0.2) is 0 Å². The predicted molar refractivity (Wildman–Crippen MR) is 194 cm³/mol. The molecule has 3 heteroatoms. The van der Waals surface area contributed by atoms with Crippen LogP contribution in [0.2, 0.25) is 0 Å². The van der Waals surface area contributed by atoms with Crippen molar-refractivity contribution < 1.29 is 22.6 Å². The summed E-state index contributed by atoms with van der Waals surface area (Å²) in [4.78, 5) is 1.38. The minimum absolute atomic E-state index is 0.0478. The monoisotopic (exact) mass is 608 g/mol. The molecule has 0 amide bonds. The summed E-state index contributed by atoms with van der Waals surface area (Å²) in [7, 11) is 0. The highest BCUT2D eigenvalue weighted by Gasteiger charge is 2.43. The van der Waals surface area contributed by atoms with Crippen molar-refractivity contribution in [3.63, 3.8) is 0 Å². The molecule has 232 valence electrons. The lowest BCUT2D eigenvalue weighted by molar-refractivity contribution is 0.440. The molecule has 45 heavy (non-hydrogen) atoms. The molecule has 0 radical (unpaired) electrons. The van der Waals surface area contributed by atoms with Crippen molar-refractivity contribution in [2.75, 3.05) is 4.90 Å². The van der Waals surface area contributed by atoms with Crippen LogP contribution >= 0.6 is 0 Å². The first kappa shape index (κ1) is 18.6. The van der Waals surface area contributed by atoms with Gasteiger partial charge in [0.2, 0.25) is 0 Å². The Balaban J connectivity index is 1.73. The van der Waals surface area contributed by atoms with E-state index in [4.69, 9.17) is 10.2 Å². The quantitative estimate of drug-likeness (QED) is 0.181. The summed E-state index contributed by atoms with van der Waals surface area (Å²) in [6.45, 7) is 15.6. The minimum atomic E-state index is -2.02. The first-order valence-electron chi connectivity index (χ1n) is 22.5. The summed E-state index contributed by atoms with van der Waals surface area (Å²) in [6.07, 6.45) is -3.54. The van der Waals surface area contributed by atoms with Crippen LogP contribution in [0.1, 0.15) is 140 Å². The molecule has 2 heterocycles. The number of benzene rings is 4. The van der Waals surface area contributed by atoms with Crippen LogP contribution in [0.3, 0.4) is 0 Å². The third-order valence-corrected chi connectivity index (χ3v) is 8.87. The molecule has 4 aromatic rings. The highest BCUT2D eigenvalue weighted by Crippen LogP contribution is 2.45. The number of ether oxygens (including phenoxy) is 1. The maximum atomic E-state index is 9.91. The van der Waals surface area contributed by atoms with Crippen LogP contribution in [0.4, 0.5) is 17.1 Å². The van der Waals surface area contributed by atoms with Crippen molar-refractivity contribution in [1.82, 2.24) is 0 Å². The summed E-state index contributed by atoms with van der Waals surface area (Å²) >= 11 is 0. The van der Waals surface area contributed by atoms with Gasteiger partial charge in [-0.05, 0) is 110 Å². The molecular weight excluding hydrogens is 545 g/mol. The third-order valence-electron chi connectivity index (χ3n) is 8.87. The average molecular weight is 609 g/mol. The predicted octanol–water partition coefficient (Wildman–Crippen LogP) is 10.0. The number of anilines is 3. The van der Waals surface area contributed by atoms with E-state index in [9.17, 15) is 12.3 Å². The van der Waals surface area contributed by atoms with Crippen molar-refractivity contribution in [1.29, 1.82) is 0 Å². The van der Waals surface area contributed by atoms with Crippen LogP contribution in [-0.2, 0) is 16.2 Å². The maximum absolute atomic E-state index is 9.91. The fourth-order valence-corrected chi connectivity index (χ4v) is 6.27. The van der Waals surface area contributed by atoms with Crippen LogP contribution in [0.5, 0.6) is 11.5 Å². The highest BCUT2D eigenvalue weighted by molar-refractivity contribution is 6.99. The van der Waals surface area contributed by atoms with Gasteiger partial charge < -0.3 is 9.64 Å². The third kappa shape index (κ3) is 5.31. The number of rotatable bonds is 2. The minimum Gasteiger partial charge on any atom is -0.458 e. The van der Waals surface area contributed by atoms with E-state index in [0.29, 0.717) is 22.9 Å². The normalized spacial score (nSPS) is 22.9. The Morgan fingerprint density at radius 3 is 1.96 bits per heavy atom. The number of fused-ring (bicyclic) bond motifs is 4. The Hall–Kier alpha value is -3.46. The molecule has 7 rings (SSSR count). The first-order chi connectivity index (χ1) is 26.4. The second-order valence-electron chi connectivity index (χ2n) is 15.6. The maximum Gasteiger partial charge on any atom is 0.256 e. The highest BCUT2D eigenvalue weighted by atomic mass is 16.5. The molecule has 1 aliphatic carbocycles. The summed E-state index contributed by atoms with van der Waals surface area (Å²) in [5.41, 5.74) is -0.397. The SMILES string of the molecule is [2H]c1cc2c(c([2H])c1C(C)(C)C)Oc1cc(C3C([2H])([2H])CCCC3([2H])[2H])cc3c1B2c1c([2H])c(C(C)(C)C)c([2H])c([2H])c1N3c1c([2H])c([2H])c(C(C)(C)C)c([2H])c1[2H]. The van der Waals surface area contributed by atoms with Gasteiger partial charge in [-0.3, -0.25) is 0 Å². The van der Waals surface area contributed by atoms with E-state index >= 15 is 0 Å². The molecule has 4 aromatic carbocycles. The van der Waals surface area contributed by atoms with Crippen molar-refractivity contribution in [3.05, 3.63) is 94.8 Å². The number of nitrogens with zero attached hydrogens (tertiary/aromatic N) is 1. The second kappa shape index (κ2) is 10.5. The van der Waals surface area contributed by atoms with Gasteiger partial charge >= 0.3 is 0 Å². The molecule has 0 unspecified atom stereocenters. The van der Waals surface area contributed by atoms with E-state index in [-0.39, 0.29) is 106 Å². The molecule has 0 atom stereocenters. The van der Waals surface area contributed by atoms with Crippen molar-refractivity contribution >= 4 is 40.2 Å².